The highest BCUT2D eigenvalue weighted by atomic mass is 35.5. The second kappa shape index (κ2) is 5.94. The fraction of sp³-hybridized carbons (Fsp3) is 0.600. The third kappa shape index (κ3) is 3.18. The van der Waals surface area contributed by atoms with E-state index in [0.29, 0.717) is 11.8 Å². The van der Waals surface area contributed by atoms with Gasteiger partial charge in [-0.15, -0.1) is 0 Å². The van der Waals surface area contributed by atoms with Gasteiger partial charge in [0.2, 0.25) is 0 Å². The van der Waals surface area contributed by atoms with Crippen LogP contribution in [0.3, 0.4) is 0 Å². The Morgan fingerprint density at radius 3 is 2.83 bits per heavy atom. The molecule has 0 bridgehead atoms. The average molecular weight is 268 g/mol. The first-order chi connectivity index (χ1) is 8.58. The van der Waals surface area contributed by atoms with Crippen molar-refractivity contribution in [1.82, 2.24) is 5.32 Å². The number of nitrogens with one attached hydrogen (secondary N) is 1. The van der Waals surface area contributed by atoms with E-state index in [4.69, 9.17) is 16.3 Å². The molecule has 0 saturated heterocycles. The highest BCUT2D eigenvalue weighted by Crippen LogP contribution is 2.32. The van der Waals surface area contributed by atoms with Gasteiger partial charge in [-0.05, 0) is 36.1 Å². The fourth-order valence-electron chi connectivity index (χ4n) is 2.15. The predicted molar refractivity (Wildman–Crippen MR) is 76.4 cm³/mol. The van der Waals surface area contributed by atoms with Gasteiger partial charge in [0.05, 0.1) is 6.61 Å². The standard InChI is InChI=1S/C15H22ClNO/c1-10(2)11(3)8-17-9-13-7-14(16)6-12-4-5-18-15(12)13/h6-7,10-11,17H,4-5,8-9H2,1-3H3. The number of rotatable bonds is 5. The molecular weight excluding hydrogens is 246 g/mol. The Morgan fingerprint density at radius 1 is 1.33 bits per heavy atom. The second-order valence-electron chi connectivity index (χ2n) is 5.50. The van der Waals surface area contributed by atoms with Crippen LogP contribution in [0.5, 0.6) is 5.75 Å². The molecule has 3 heteroatoms. The molecule has 1 aliphatic heterocycles. The van der Waals surface area contributed by atoms with E-state index in [-0.39, 0.29) is 0 Å². The summed E-state index contributed by atoms with van der Waals surface area (Å²) in [6.07, 6.45) is 0.977. The summed E-state index contributed by atoms with van der Waals surface area (Å²) in [6.45, 7) is 9.43. The van der Waals surface area contributed by atoms with E-state index in [1.165, 1.54) is 11.1 Å². The molecule has 18 heavy (non-hydrogen) atoms. The number of hydrogen-bond donors (Lipinski definition) is 1. The van der Waals surface area contributed by atoms with Gasteiger partial charge in [-0.3, -0.25) is 0 Å². The molecule has 0 aromatic heterocycles. The van der Waals surface area contributed by atoms with Crippen LogP contribution in [-0.2, 0) is 13.0 Å². The van der Waals surface area contributed by atoms with Crippen molar-refractivity contribution < 1.29 is 4.74 Å². The van der Waals surface area contributed by atoms with E-state index in [9.17, 15) is 0 Å². The van der Waals surface area contributed by atoms with Crippen LogP contribution in [0.2, 0.25) is 5.02 Å². The van der Waals surface area contributed by atoms with E-state index >= 15 is 0 Å². The number of halogens is 1. The minimum atomic E-state index is 0.679. The molecule has 0 amide bonds. The topological polar surface area (TPSA) is 21.3 Å². The summed E-state index contributed by atoms with van der Waals surface area (Å²) in [5.74, 6) is 2.43. The molecule has 1 aromatic carbocycles. The van der Waals surface area contributed by atoms with Gasteiger partial charge in [0, 0.05) is 23.6 Å². The fourth-order valence-corrected chi connectivity index (χ4v) is 2.41. The van der Waals surface area contributed by atoms with E-state index in [1.807, 2.05) is 12.1 Å². The lowest BCUT2D eigenvalue weighted by atomic mass is 9.98. The Morgan fingerprint density at radius 2 is 2.11 bits per heavy atom. The van der Waals surface area contributed by atoms with Gasteiger partial charge in [-0.25, -0.2) is 0 Å². The van der Waals surface area contributed by atoms with Gasteiger partial charge in [-0.1, -0.05) is 32.4 Å². The van der Waals surface area contributed by atoms with Crippen LogP contribution in [0.4, 0.5) is 0 Å². The minimum Gasteiger partial charge on any atom is -0.493 e. The van der Waals surface area contributed by atoms with Crippen LogP contribution < -0.4 is 10.1 Å². The summed E-state index contributed by atoms with van der Waals surface area (Å²) in [5, 5.41) is 4.31. The zero-order chi connectivity index (χ0) is 13.1. The van der Waals surface area contributed by atoms with Gasteiger partial charge in [-0.2, -0.15) is 0 Å². The van der Waals surface area contributed by atoms with Gasteiger partial charge < -0.3 is 10.1 Å². The van der Waals surface area contributed by atoms with Crippen molar-refractivity contribution in [3.05, 3.63) is 28.3 Å². The van der Waals surface area contributed by atoms with Gasteiger partial charge in [0.25, 0.3) is 0 Å². The van der Waals surface area contributed by atoms with Crippen LogP contribution in [0.1, 0.15) is 31.9 Å². The van der Waals surface area contributed by atoms with Crippen molar-refractivity contribution in [1.29, 1.82) is 0 Å². The van der Waals surface area contributed by atoms with E-state index < -0.39 is 0 Å². The highest BCUT2D eigenvalue weighted by molar-refractivity contribution is 6.30. The molecular formula is C15H22ClNO. The third-order valence-electron chi connectivity index (χ3n) is 3.75. The van der Waals surface area contributed by atoms with E-state index in [1.54, 1.807) is 0 Å². The van der Waals surface area contributed by atoms with Crippen molar-refractivity contribution in [2.24, 2.45) is 11.8 Å². The largest absolute Gasteiger partial charge is 0.493 e. The lowest BCUT2D eigenvalue weighted by Gasteiger charge is -2.17. The summed E-state index contributed by atoms with van der Waals surface area (Å²) in [6, 6.07) is 4.03. The first-order valence-corrected chi connectivity index (χ1v) is 7.10. The SMILES string of the molecule is CC(C)C(C)CNCc1cc(Cl)cc2c1OCC2. The van der Waals surface area contributed by atoms with Crippen molar-refractivity contribution in [3.8, 4) is 5.75 Å². The number of fused-ring (bicyclic) bond motifs is 1. The van der Waals surface area contributed by atoms with Crippen molar-refractivity contribution in [2.45, 2.75) is 33.7 Å². The summed E-state index contributed by atoms with van der Waals surface area (Å²) in [7, 11) is 0. The minimum absolute atomic E-state index is 0.679. The van der Waals surface area contributed by atoms with Crippen LogP contribution in [-0.4, -0.2) is 13.2 Å². The smallest absolute Gasteiger partial charge is 0.127 e. The summed E-state index contributed by atoms with van der Waals surface area (Å²) in [4.78, 5) is 0. The summed E-state index contributed by atoms with van der Waals surface area (Å²) < 4.78 is 5.69. The average Bonchev–Trinajstić information content (AvgIpc) is 2.76. The Kier molecular flexibility index (Phi) is 4.52. The Bertz CT molecular complexity index is 417. The first kappa shape index (κ1) is 13.7. The van der Waals surface area contributed by atoms with E-state index in [0.717, 1.165) is 36.9 Å². The molecule has 0 fully saturated rings. The molecule has 0 aliphatic carbocycles. The van der Waals surface area contributed by atoms with Crippen molar-refractivity contribution >= 4 is 11.6 Å². The number of benzene rings is 1. The molecule has 1 aromatic rings. The van der Waals surface area contributed by atoms with Crippen LogP contribution in [0.25, 0.3) is 0 Å². The van der Waals surface area contributed by atoms with Gasteiger partial charge >= 0.3 is 0 Å². The number of ether oxygens (including phenoxy) is 1. The zero-order valence-electron chi connectivity index (χ0n) is 11.4. The van der Waals surface area contributed by atoms with Crippen LogP contribution in [0.15, 0.2) is 12.1 Å². The molecule has 2 nitrogen and oxygen atoms in total. The molecule has 1 N–H and O–H groups in total. The zero-order valence-corrected chi connectivity index (χ0v) is 12.2. The van der Waals surface area contributed by atoms with E-state index in [2.05, 4.69) is 26.1 Å². The van der Waals surface area contributed by atoms with Crippen LogP contribution >= 0.6 is 11.6 Å². The molecule has 1 unspecified atom stereocenters. The summed E-state index contributed by atoms with van der Waals surface area (Å²) in [5.41, 5.74) is 2.43. The lowest BCUT2D eigenvalue weighted by Crippen LogP contribution is -2.24. The molecule has 2 rings (SSSR count). The van der Waals surface area contributed by atoms with Crippen molar-refractivity contribution in [2.75, 3.05) is 13.2 Å². The molecule has 1 atom stereocenters. The Balaban J connectivity index is 1.98. The quantitative estimate of drug-likeness (QED) is 0.879. The monoisotopic (exact) mass is 267 g/mol. The lowest BCUT2D eigenvalue weighted by molar-refractivity contribution is 0.350. The Labute approximate surface area is 115 Å². The first-order valence-electron chi connectivity index (χ1n) is 6.72. The normalized spacial score (nSPS) is 15.6. The molecule has 1 aliphatic rings. The molecule has 0 spiro atoms. The molecule has 100 valence electrons. The molecule has 0 radical (unpaired) electrons. The molecule has 0 saturated carbocycles. The van der Waals surface area contributed by atoms with Gasteiger partial charge in [0.1, 0.15) is 5.75 Å². The highest BCUT2D eigenvalue weighted by Gasteiger charge is 2.17. The maximum absolute atomic E-state index is 6.14. The van der Waals surface area contributed by atoms with Crippen molar-refractivity contribution in [3.63, 3.8) is 0 Å². The summed E-state index contributed by atoms with van der Waals surface area (Å²) >= 11 is 6.14. The van der Waals surface area contributed by atoms with Crippen LogP contribution in [0, 0.1) is 11.8 Å². The predicted octanol–water partition coefficient (Wildman–Crippen LogP) is 3.66. The Hall–Kier alpha value is -0.730. The third-order valence-corrected chi connectivity index (χ3v) is 3.96. The maximum Gasteiger partial charge on any atom is 0.127 e. The molecule has 1 heterocycles. The van der Waals surface area contributed by atoms with Gasteiger partial charge in [0.15, 0.2) is 0 Å². The number of hydrogen-bond acceptors (Lipinski definition) is 2. The maximum atomic E-state index is 6.14. The second-order valence-corrected chi connectivity index (χ2v) is 5.94.